The number of aromatic hydroxyl groups is 1. The van der Waals surface area contributed by atoms with Crippen molar-refractivity contribution < 1.29 is 24.2 Å². The van der Waals surface area contributed by atoms with Crippen molar-refractivity contribution in [1.29, 1.82) is 0 Å². The third-order valence-corrected chi connectivity index (χ3v) is 4.75. The fourth-order valence-corrected chi connectivity index (χ4v) is 3.17. The van der Waals surface area contributed by atoms with Crippen molar-refractivity contribution in [3.05, 3.63) is 57.5 Å². The largest absolute Gasteiger partial charge is 0.503 e. The molecular formula is C20H23N3O6. The van der Waals surface area contributed by atoms with Gasteiger partial charge >= 0.3 is 0 Å². The summed E-state index contributed by atoms with van der Waals surface area (Å²) in [6, 6.07) is 7.16. The molecule has 1 aliphatic heterocycles. The summed E-state index contributed by atoms with van der Waals surface area (Å²) in [5.74, 6) is -1.16. The Morgan fingerprint density at radius 3 is 2.76 bits per heavy atom. The van der Waals surface area contributed by atoms with Gasteiger partial charge in [0.15, 0.2) is 11.4 Å². The van der Waals surface area contributed by atoms with Crippen LogP contribution in [-0.4, -0.2) is 60.3 Å². The summed E-state index contributed by atoms with van der Waals surface area (Å²) in [5, 5.41) is 13.0. The van der Waals surface area contributed by atoms with Crippen LogP contribution < -0.4 is 15.5 Å². The fourth-order valence-electron chi connectivity index (χ4n) is 3.17. The zero-order valence-electron chi connectivity index (χ0n) is 16.3. The lowest BCUT2D eigenvalue weighted by atomic mass is 10.1. The summed E-state index contributed by atoms with van der Waals surface area (Å²) in [7, 11) is 3.08. The highest BCUT2D eigenvalue weighted by Crippen LogP contribution is 2.20. The molecule has 0 spiro atoms. The average Bonchev–Trinajstić information content (AvgIpc) is 2.74. The molecule has 1 aromatic heterocycles. The lowest BCUT2D eigenvalue weighted by molar-refractivity contribution is 0.0632. The van der Waals surface area contributed by atoms with Crippen LogP contribution >= 0.6 is 0 Å². The van der Waals surface area contributed by atoms with Gasteiger partial charge < -0.3 is 29.4 Å². The molecule has 0 aliphatic carbocycles. The molecule has 0 bridgehead atoms. The Labute approximate surface area is 167 Å². The zero-order chi connectivity index (χ0) is 21.0. The molecule has 0 radical (unpaired) electrons. The molecule has 3 rings (SSSR count). The number of methoxy groups -OCH3 is 2. The summed E-state index contributed by atoms with van der Waals surface area (Å²) >= 11 is 0. The highest BCUT2D eigenvalue weighted by atomic mass is 16.5. The van der Waals surface area contributed by atoms with Crippen LogP contribution in [0.3, 0.4) is 0 Å². The van der Waals surface area contributed by atoms with E-state index in [0.717, 1.165) is 5.56 Å². The molecule has 0 atom stereocenters. The highest BCUT2D eigenvalue weighted by molar-refractivity contribution is 5.99. The molecule has 9 heteroatoms. The first kappa shape index (κ1) is 20.4. The lowest BCUT2D eigenvalue weighted by Gasteiger charge is -2.30. The third kappa shape index (κ3) is 4.24. The number of nitrogens with one attached hydrogen (secondary N) is 1. The van der Waals surface area contributed by atoms with Gasteiger partial charge in [0.1, 0.15) is 11.3 Å². The van der Waals surface area contributed by atoms with Gasteiger partial charge in [-0.15, -0.1) is 0 Å². The quantitative estimate of drug-likeness (QED) is 0.703. The number of ether oxygens (including phenoxy) is 2. The van der Waals surface area contributed by atoms with Gasteiger partial charge in [0.2, 0.25) is 5.43 Å². The highest BCUT2D eigenvalue weighted by Gasteiger charge is 2.30. The van der Waals surface area contributed by atoms with Crippen LogP contribution in [0.2, 0.25) is 0 Å². The van der Waals surface area contributed by atoms with Gasteiger partial charge in [-0.1, -0.05) is 12.1 Å². The van der Waals surface area contributed by atoms with Gasteiger partial charge in [0.05, 0.1) is 13.7 Å². The van der Waals surface area contributed by atoms with Crippen molar-refractivity contribution in [2.45, 2.75) is 13.1 Å². The summed E-state index contributed by atoms with van der Waals surface area (Å²) in [6.45, 7) is 1.63. The maximum absolute atomic E-state index is 12.6. The van der Waals surface area contributed by atoms with Gasteiger partial charge in [-0.3, -0.25) is 14.4 Å². The summed E-state index contributed by atoms with van der Waals surface area (Å²) in [4.78, 5) is 39.1. The molecule has 154 valence electrons. The Hall–Kier alpha value is -3.33. The van der Waals surface area contributed by atoms with E-state index < -0.39 is 23.0 Å². The summed E-state index contributed by atoms with van der Waals surface area (Å²) in [5.41, 5.74) is -0.403. The number of carbonyl (C=O) groups excluding carboxylic acids is 2. The van der Waals surface area contributed by atoms with Crippen LogP contribution in [0.25, 0.3) is 0 Å². The van der Waals surface area contributed by atoms with E-state index in [1.54, 1.807) is 25.3 Å². The van der Waals surface area contributed by atoms with Gasteiger partial charge in [-0.2, -0.15) is 0 Å². The molecule has 2 amide bonds. The molecule has 0 saturated heterocycles. The molecule has 9 nitrogen and oxygen atoms in total. The number of fused-ring (bicyclic) bond motifs is 1. The van der Waals surface area contributed by atoms with E-state index in [2.05, 4.69) is 5.32 Å². The maximum atomic E-state index is 12.6. The van der Waals surface area contributed by atoms with Gasteiger partial charge in [0.25, 0.3) is 11.8 Å². The van der Waals surface area contributed by atoms with Crippen molar-refractivity contribution >= 4 is 11.8 Å². The smallest absolute Gasteiger partial charge is 0.274 e. The average molecular weight is 401 g/mol. The van der Waals surface area contributed by atoms with Gasteiger partial charge in [-0.25, -0.2) is 0 Å². The lowest BCUT2D eigenvalue weighted by Crippen LogP contribution is -2.44. The number of rotatable bonds is 7. The predicted octanol–water partition coefficient (Wildman–Crippen LogP) is 0.595. The van der Waals surface area contributed by atoms with Crippen molar-refractivity contribution in [2.24, 2.45) is 0 Å². The number of nitrogens with zero attached hydrogens (tertiary/aromatic N) is 2. The van der Waals surface area contributed by atoms with Crippen LogP contribution in [0.15, 0.2) is 35.3 Å². The van der Waals surface area contributed by atoms with Crippen LogP contribution in [0, 0.1) is 0 Å². The van der Waals surface area contributed by atoms with E-state index in [4.69, 9.17) is 9.47 Å². The van der Waals surface area contributed by atoms with E-state index in [0.29, 0.717) is 32.0 Å². The van der Waals surface area contributed by atoms with Crippen LogP contribution in [0.4, 0.5) is 0 Å². The zero-order valence-corrected chi connectivity index (χ0v) is 16.3. The Morgan fingerprint density at radius 2 is 2.03 bits per heavy atom. The minimum absolute atomic E-state index is 0.110. The predicted molar refractivity (Wildman–Crippen MR) is 104 cm³/mol. The minimum Gasteiger partial charge on any atom is -0.503 e. The number of hydrogen-bond donors (Lipinski definition) is 2. The van der Waals surface area contributed by atoms with E-state index in [9.17, 15) is 19.5 Å². The second kappa shape index (κ2) is 8.78. The van der Waals surface area contributed by atoms with Crippen molar-refractivity contribution in [3.63, 3.8) is 0 Å². The number of aromatic nitrogens is 1. The second-order valence-corrected chi connectivity index (χ2v) is 6.58. The molecule has 29 heavy (non-hydrogen) atoms. The third-order valence-electron chi connectivity index (χ3n) is 4.75. The van der Waals surface area contributed by atoms with Crippen molar-refractivity contribution in [3.8, 4) is 11.5 Å². The van der Waals surface area contributed by atoms with Crippen LogP contribution in [0.5, 0.6) is 11.5 Å². The molecule has 2 heterocycles. The minimum atomic E-state index is -0.874. The maximum Gasteiger partial charge on any atom is 0.274 e. The Kier molecular flexibility index (Phi) is 6.18. The molecule has 1 aromatic carbocycles. The summed E-state index contributed by atoms with van der Waals surface area (Å²) < 4.78 is 11.6. The summed E-state index contributed by atoms with van der Waals surface area (Å²) in [6.07, 6.45) is 1.32. The van der Waals surface area contributed by atoms with Gasteiger partial charge in [0, 0.05) is 39.5 Å². The van der Waals surface area contributed by atoms with Gasteiger partial charge in [-0.05, 0) is 17.7 Å². The molecule has 0 saturated carbocycles. The first-order valence-electron chi connectivity index (χ1n) is 9.12. The molecule has 2 N–H and O–H groups in total. The van der Waals surface area contributed by atoms with E-state index in [1.165, 1.54) is 22.8 Å². The van der Waals surface area contributed by atoms with Crippen LogP contribution in [-0.2, 0) is 17.8 Å². The molecule has 2 aromatic rings. The van der Waals surface area contributed by atoms with Crippen molar-refractivity contribution in [1.82, 2.24) is 14.8 Å². The molecule has 1 aliphatic rings. The monoisotopic (exact) mass is 401 g/mol. The SMILES string of the molecule is COCCN1CCn2cc(C(=O)NCc3cccc(OC)c3)c(=O)c(O)c2C1=O. The number of pyridine rings is 1. The Bertz CT molecular complexity index is 985. The molecule has 0 fully saturated rings. The topological polar surface area (TPSA) is 110 Å². The van der Waals surface area contributed by atoms with Crippen LogP contribution in [0.1, 0.15) is 26.4 Å². The normalized spacial score (nSPS) is 13.2. The first-order chi connectivity index (χ1) is 14.0. The standard InChI is InChI=1S/C20H23N3O6/c1-28-9-8-22-6-7-23-12-15(17(24)18(25)16(23)20(22)27)19(26)21-11-13-4-3-5-14(10-13)29-2/h3-5,10,12,25H,6-9,11H2,1-2H3,(H,21,26). The fraction of sp³-hybridized carbons (Fsp3) is 0.350. The van der Waals surface area contributed by atoms with Crippen molar-refractivity contribution in [2.75, 3.05) is 33.9 Å². The van der Waals surface area contributed by atoms with E-state index in [1.807, 2.05) is 6.07 Å². The Balaban J connectivity index is 1.81. The molecule has 0 unspecified atom stereocenters. The van der Waals surface area contributed by atoms with E-state index in [-0.39, 0.29) is 17.8 Å². The number of benzene rings is 1. The number of hydrogen-bond acceptors (Lipinski definition) is 6. The molecular weight excluding hydrogens is 378 g/mol. The second-order valence-electron chi connectivity index (χ2n) is 6.58. The number of amides is 2. The Morgan fingerprint density at radius 1 is 1.24 bits per heavy atom. The first-order valence-corrected chi connectivity index (χ1v) is 9.12. The number of carbonyl (C=O) groups is 2. The van der Waals surface area contributed by atoms with E-state index >= 15 is 0 Å².